The second-order valence-corrected chi connectivity index (χ2v) is 12.8. The number of hydrogen-bond donors (Lipinski definition) is 0. The first kappa shape index (κ1) is 35.4. The molecule has 1 aliphatic carbocycles. The molecular weight excluding hydrogens is 629 g/mol. The second kappa shape index (κ2) is 16.6. The van der Waals surface area contributed by atoms with Crippen LogP contribution in [0.2, 0.25) is 0 Å². The maximum Gasteiger partial charge on any atom is 0.0541 e. The van der Waals surface area contributed by atoms with Crippen molar-refractivity contribution in [2.24, 2.45) is 0 Å². The molecule has 0 unspecified atom stereocenters. The maximum absolute atomic E-state index is 3.80. The molecule has 52 heavy (non-hydrogen) atoms. The number of allylic oxidation sites excluding steroid dienone is 16. The van der Waals surface area contributed by atoms with E-state index < -0.39 is 0 Å². The Morgan fingerprint density at radius 3 is 2.13 bits per heavy atom. The Kier molecular flexibility index (Phi) is 11.3. The highest BCUT2D eigenvalue weighted by Crippen LogP contribution is 2.37. The summed E-state index contributed by atoms with van der Waals surface area (Å²) in [6.07, 6.45) is 29.4. The molecule has 2 aromatic heterocycles. The lowest BCUT2D eigenvalue weighted by molar-refractivity contribution is 1.13. The summed E-state index contributed by atoms with van der Waals surface area (Å²) in [5, 5.41) is 3.72. The zero-order valence-corrected chi connectivity index (χ0v) is 30.5. The van der Waals surface area contributed by atoms with Crippen molar-refractivity contribution in [2.75, 3.05) is 0 Å². The molecule has 6 aromatic rings. The van der Waals surface area contributed by atoms with Crippen LogP contribution in [0.5, 0.6) is 0 Å². The van der Waals surface area contributed by atoms with Gasteiger partial charge in [-0.25, -0.2) is 0 Å². The van der Waals surface area contributed by atoms with Crippen molar-refractivity contribution in [1.82, 2.24) is 9.13 Å². The van der Waals surface area contributed by atoms with Crippen LogP contribution in [-0.4, -0.2) is 9.13 Å². The number of aromatic nitrogens is 2. The van der Waals surface area contributed by atoms with E-state index in [4.69, 9.17) is 0 Å². The predicted molar refractivity (Wildman–Crippen MR) is 231 cm³/mol. The van der Waals surface area contributed by atoms with E-state index in [1.54, 1.807) is 18.2 Å². The van der Waals surface area contributed by atoms with Crippen molar-refractivity contribution >= 4 is 50.1 Å². The highest BCUT2D eigenvalue weighted by atomic mass is 15.0. The van der Waals surface area contributed by atoms with Gasteiger partial charge in [0.1, 0.15) is 0 Å². The van der Waals surface area contributed by atoms with Crippen molar-refractivity contribution in [2.45, 2.75) is 27.2 Å². The van der Waals surface area contributed by atoms with E-state index in [9.17, 15) is 0 Å². The van der Waals surface area contributed by atoms with Crippen LogP contribution in [0.1, 0.15) is 38.4 Å². The van der Waals surface area contributed by atoms with E-state index in [2.05, 4.69) is 182 Å². The molecule has 0 spiro atoms. The molecular formula is C50H46N2. The molecule has 0 atom stereocenters. The Hall–Kier alpha value is -6.38. The smallest absolute Gasteiger partial charge is 0.0541 e. The summed E-state index contributed by atoms with van der Waals surface area (Å²) in [6.45, 7) is 16.9. The van der Waals surface area contributed by atoms with E-state index in [1.807, 2.05) is 25.2 Å². The highest BCUT2D eigenvalue weighted by molar-refractivity contribution is 6.10. The molecule has 0 radical (unpaired) electrons. The van der Waals surface area contributed by atoms with Gasteiger partial charge in [-0.2, -0.15) is 0 Å². The van der Waals surface area contributed by atoms with Crippen LogP contribution < -0.4 is 0 Å². The summed E-state index contributed by atoms with van der Waals surface area (Å²) in [6, 6.07) is 33.8. The van der Waals surface area contributed by atoms with Crippen LogP contribution in [-0.2, 0) is 0 Å². The van der Waals surface area contributed by atoms with E-state index in [-0.39, 0.29) is 0 Å². The summed E-state index contributed by atoms with van der Waals surface area (Å²) in [5.41, 5.74) is 13.4. The highest BCUT2D eigenvalue weighted by Gasteiger charge is 2.15. The van der Waals surface area contributed by atoms with Gasteiger partial charge in [0.05, 0.1) is 16.6 Å². The van der Waals surface area contributed by atoms with Crippen molar-refractivity contribution in [3.8, 4) is 16.8 Å². The van der Waals surface area contributed by atoms with Gasteiger partial charge < -0.3 is 9.13 Å². The third-order valence-electron chi connectivity index (χ3n) is 9.27. The standard InChI is InChI=1S/C46H40N2.C4H6/c1-5-7-9-15-34(4)47-41(17-10-8-6-2)31-39-30-37(24-28-44(39)47)38-25-29-46-43(32-38)42-18-11-12-19-45(42)48(46)40-26-22-36(23-27-40)35-16-13-14-33(3)20-21-35;1-3-4-2/h5-15,17-32H,1,16H2,2-4H3;3-4H,1-2H2/b8-6-,9-7-,17-10-,34-15+;. The van der Waals surface area contributed by atoms with Crippen LogP contribution in [0.15, 0.2) is 195 Å². The Balaban J connectivity index is 0.00000110. The van der Waals surface area contributed by atoms with Crippen LogP contribution in [0, 0.1) is 0 Å². The molecule has 0 saturated carbocycles. The second-order valence-electron chi connectivity index (χ2n) is 12.8. The van der Waals surface area contributed by atoms with Crippen molar-refractivity contribution in [1.29, 1.82) is 0 Å². The topological polar surface area (TPSA) is 9.86 Å². The molecule has 0 aliphatic heterocycles. The zero-order chi connectivity index (χ0) is 36.5. The van der Waals surface area contributed by atoms with Crippen LogP contribution in [0.25, 0.3) is 66.9 Å². The first-order chi connectivity index (χ1) is 25.5. The first-order valence-corrected chi connectivity index (χ1v) is 17.8. The number of rotatable bonds is 9. The molecule has 2 heterocycles. The minimum absolute atomic E-state index is 0.944. The lowest BCUT2D eigenvalue weighted by Gasteiger charge is -2.11. The monoisotopic (exact) mass is 674 g/mol. The Bertz CT molecular complexity index is 2480. The fourth-order valence-electron chi connectivity index (χ4n) is 6.74. The van der Waals surface area contributed by atoms with Gasteiger partial charge in [0.15, 0.2) is 0 Å². The minimum atomic E-state index is 0.944. The average Bonchev–Trinajstić information content (AvgIpc) is 3.62. The van der Waals surface area contributed by atoms with Crippen molar-refractivity contribution in [3.63, 3.8) is 0 Å². The number of fused-ring (bicyclic) bond motifs is 4. The largest absolute Gasteiger partial charge is 0.314 e. The van der Waals surface area contributed by atoms with Gasteiger partial charge in [-0.05, 0) is 110 Å². The molecule has 7 rings (SSSR count). The zero-order valence-electron chi connectivity index (χ0n) is 30.5. The normalized spacial score (nSPS) is 13.5. The van der Waals surface area contributed by atoms with Gasteiger partial charge in [0, 0.05) is 33.2 Å². The molecule has 1 aliphatic rings. The van der Waals surface area contributed by atoms with E-state index in [0.717, 1.165) is 17.8 Å². The maximum atomic E-state index is 3.80. The molecule has 0 fully saturated rings. The molecule has 256 valence electrons. The lowest BCUT2D eigenvalue weighted by Crippen LogP contribution is -1.95. The van der Waals surface area contributed by atoms with Crippen molar-refractivity contribution < 1.29 is 0 Å². The average molecular weight is 675 g/mol. The Morgan fingerprint density at radius 1 is 0.673 bits per heavy atom. The molecule has 0 amide bonds. The quantitative estimate of drug-likeness (QED) is 0.135. The molecule has 2 nitrogen and oxygen atoms in total. The fraction of sp³-hybridized carbons (Fsp3) is 0.0800. The molecule has 0 bridgehead atoms. The van der Waals surface area contributed by atoms with Crippen LogP contribution >= 0.6 is 0 Å². The summed E-state index contributed by atoms with van der Waals surface area (Å²) in [5.74, 6) is 0. The van der Waals surface area contributed by atoms with Gasteiger partial charge in [-0.15, -0.1) is 0 Å². The predicted octanol–water partition coefficient (Wildman–Crippen LogP) is 14.2. The summed E-state index contributed by atoms with van der Waals surface area (Å²) in [7, 11) is 0. The summed E-state index contributed by atoms with van der Waals surface area (Å²) in [4.78, 5) is 0. The third-order valence-corrected chi connectivity index (χ3v) is 9.27. The van der Waals surface area contributed by atoms with Gasteiger partial charge >= 0.3 is 0 Å². The fourth-order valence-corrected chi connectivity index (χ4v) is 6.74. The van der Waals surface area contributed by atoms with Gasteiger partial charge in [-0.3, -0.25) is 0 Å². The van der Waals surface area contributed by atoms with E-state index >= 15 is 0 Å². The number of para-hydroxylation sites is 1. The number of benzene rings is 4. The number of nitrogens with zero attached hydrogens (tertiary/aromatic N) is 2. The third kappa shape index (κ3) is 7.52. The number of hydrogen-bond acceptors (Lipinski definition) is 0. The van der Waals surface area contributed by atoms with Crippen LogP contribution in [0.3, 0.4) is 0 Å². The van der Waals surface area contributed by atoms with Gasteiger partial charge in [0.25, 0.3) is 0 Å². The molecule has 0 N–H and O–H groups in total. The summed E-state index contributed by atoms with van der Waals surface area (Å²) >= 11 is 0. The van der Waals surface area contributed by atoms with E-state index in [0.29, 0.717) is 0 Å². The first-order valence-electron chi connectivity index (χ1n) is 17.8. The minimum Gasteiger partial charge on any atom is -0.314 e. The molecule has 2 heteroatoms. The molecule has 4 aromatic carbocycles. The SMILES string of the molecule is C=C/C=C\C=C(/C)n1c(/C=C\C=C/C)cc2cc(-c3ccc4c(c3)c3ccccc3n4-c3ccc(C4=CC=C(C)C=CC4)cc3)ccc21.C=CC=C. The van der Waals surface area contributed by atoms with Gasteiger partial charge in [-0.1, -0.05) is 141 Å². The summed E-state index contributed by atoms with van der Waals surface area (Å²) < 4.78 is 4.71. The Morgan fingerprint density at radius 2 is 1.38 bits per heavy atom. The molecule has 0 saturated heterocycles. The van der Waals surface area contributed by atoms with Crippen molar-refractivity contribution in [3.05, 3.63) is 207 Å². The Labute approximate surface area is 308 Å². The lowest BCUT2D eigenvalue weighted by atomic mass is 10.0. The van der Waals surface area contributed by atoms with Crippen LogP contribution in [0.4, 0.5) is 0 Å². The van der Waals surface area contributed by atoms with E-state index in [1.165, 1.54) is 66.2 Å². The van der Waals surface area contributed by atoms with Gasteiger partial charge in [0.2, 0.25) is 0 Å².